The van der Waals surface area contributed by atoms with Crippen molar-refractivity contribution in [2.24, 2.45) is 4.99 Å². The first kappa shape index (κ1) is 25.7. The van der Waals surface area contributed by atoms with Crippen LogP contribution in [0.2, 0.25) is 5.02 Å². The second-order valence-electron chi connectivity index (χ2n) is 6.76. The van der Waals surface area contributed by atoms with Crippen molar-refractivity contribution in [3.05, 3.63) is 69.8 Å². The molecule has 0 saturated carbocycles. The lowest BCUT2D eigenvalue weighted by molar-refractivity contribution is -0.124. The number of methoxy groups -OCH3 is 2. The van der Waals surface area contributed by atoms with Crippen LogP contribution in [-0.4, -0.2) is 51.1 Å². The zero-order valence-electron chi connectivity index (χ0n) is 18.1. The van der Waals surface area contributed by atoms with E-state index in [2.05, 4.69) is 22.9 Å². The molecule has 0 bridgehead atoms. The average molecular weight is 480 g/mol. The minimum absolute atomic E-state index is 0.0193. The predicted octanol–water partition coefficient (Wildman–Crippen LogP) is 4.40. The topological polar surface area (TPSA) is 63.2 Å². The van der Waals surface area contributed by atoms with Crippen molar-refractivity contribution < 1.29 is 18.7 Å². The van der Waals surface area contributed by atoms with E-state index in [9.17, 15) is 9.18 Å². The average Bonchev–Trinajstić information content (AvgIpc) is 2.79. The second kappa shape index (κ2) is 13.8. The molecular weight excluding hydrogens is 453 g/mol. The van der Waals surface area contributed by atoms with E-state index in [0.29, 0.717) is 36.8 Å². The summed E-state index contributed by atoms with van der Waals surface area (Å²) < 4.78 is 23.6. The lowest BCUT2D eigenvalue weighted by atomic mass is 10.1. The quantitative estimate of drug-likeness (QED) is 0.205. The molecule has 0 aromatic heterocycles. The minimum atomic E-state index is -0.317. The molecule has 0 radical (unpaired) electrons. The molecule has 172 valence electrons. The molecule has 0 spiro atoms. The summed E-state index contributed by atoms with van der Waals surface area (Å²) in [6, 6.07) is 11.5. The van der Waals surface area contributed by atoms with E-state index in [0.717, 1.165) is 16.8 Å². The van der Waals surface area contributed by atoms with Gasteiger partial charge in [0.15, 0.2) is 0 Å². The first-order chi connectivity index (χ1) is 15.5. The lowest BCUT2D eigenvalue weighted by Crippen LogP contribution is -2.31. The van der Waals surface area contributed by atoms with E-state index in [1.165, 1.54) is 19.2 Å². The van der Waals surface area contributed by atoms with Gasteiger partial charge < -0.3 is 19.7 Å². The fourth-order valence-electron chi connectivity index (χ4n) is 2.92. The van der Waals surface area contributed by atoms with Crippen LogP contribution >= 0.6 is 24.2 Å². The van der Waals surface area contributed by atoms with Gasteiger partial charge in [0.2, 0.25) is 5.91 Å². The Hall–Kier alpha value is -2.55. The third kappa shape index (κ3) is 8.18. The third-order valence-electron chi connectivity index (χ3n) is 4.48. The fraction of sp³-hybridized carbons (Fsp3) is 0.304. The van der Waals surface area contributed by atoms with Gasteiger partial charge in [-0.3, -0.25) is 9.79 Å². The number of benzene rings is 2. The van der Waals surface area contributed by atoms with E-state index in [1.807, 2.05) is 11.0 Å². The van der Waals surface area contributed by atoms with Crippen LogP contribution < -0.4 is 10.1 Å². The molecule has 9 heteroatoms. The molecular formula is C23H27ClFN3O3S. The monoisotopic (exact) mass is 479 g/mol. The van der Waals surface area contributed by atoms with Crippen LogP contribution in [0.25, 0.3) is 5.70 Å². The summed E-state index contributed by atoms with van der Waals surface area (Å²) in [5, 5.41) is 5.02. The molecule has 0 atom stereocenters. The van der Waals surface area contributed by atoms with E-state index in [4.69, 9.17) is 21.1 Å². The molecule has 0 fully saturated rings. The predicted molar refractivity (Wildman–Crippen MR) is 130 cm³/mol. The van der Waals surface area contributed by atoms with Crippen LogP contribution in [0.4, 0.5) is 4.39 Å². The Bertz CT molecular complexity index is 939. The molecule has 0 aliphatic rings. The van der Waals surface area contributed by atoms with Crippen molar-refractivity contribution >= 4 is 42.2 Å². The highest BCUT2D eigenvalue weighted by atomic mass is 35.5. The van der Waals surface area contributed by atoms with Crippen molar-refractivity contribution in [3.8, 4) is 5.75 Å². The Morgan fingerprint density at radius 2 is 2.00 bits per heavy atom. The van der Waals surface area contributed by atoms with Gasteiger partial charge in [0.1, 0.15) is 18.2 Å². The van der Waals surface area contributed by atoms with Crippen LogP contribution in [0.3, 0.4) is 0 Å². The largest absolute Gasteiger partial charge is 0.496 e. The molecule has 1 N–H and O–H groups in total. The van der Waals surface area contributed by atoms with Gasteiger partial charge in [0.05, 0.1) is 25.7 Å². The molecule has 2 rings (SSSR count). The van der Waals surface area contributed by atoms with Crippen LogP contribution in [0, 0.1) is 5.82 Å². The SMILES string of the molecule is COCC(=O)NCCCN(C=NCc1ccc(Cl)cc1OC)/C(=C\S)c1ccc(F)cc1. The summed E-state index contributed by atoms with van der Waals surface area (Å²) in [4.78, 5) is 18.1. The second-order valence-corrected chi connectivity index (χ2v) is 7.46. The Labute approximate surface area is 198 Å². The molecule has 2 aromatic rings. The molecule has 0 aliphatic heterocycles. The van der Waals surface area contributed by atoms with Gasteiger partial charge in [-0.05, 0) is 53.8 Å². The number of hydrogen-bond acceptors (Lipinski definition) is 5. The van der Waals surface area contributed by atoms with Crippen LogP contribution in [0.5, 0.6) is 5.75 Å². The number of nitrogens with one attached hydrogen (secondary N) is 1. The minimum Gasteiger partial charge on any atom is -0.496 e. The summed E-state index contributed by atoms with van der Waals surface area (Å²) in [6.45, 7) is 1.43. The molecule has 0 aliphatic carbocycles. The number of ether oxygens (including phenoxy) is 2. The summed E-state index contributed by atoms with van der Waals surface area (Å²) in [6.07, 6.45) is 2.36. The first-order valence-corrected chi connectivity index (χ1v) is 10.8. The van der Waals surface area contributed by atoms with Gasteiger partial charge in [-0.25, -0.2) is 4.39 Å². The molecule has 2 aromatic carbocycles. The van der Waals surface area contributed by atoms with Gasteiger partial charge in [-0.1, -0.05) is 17.7 Å². The number of nitrogens with zero attached hydrogens (tertiary/aromatic N) is 2. The highest BCUT2D eigenvalue weighted by Gasteiger charge is 2.11. The molecule has 6 nitrogen and oxygen atoms in total. The Balaban J connectivity index is 2.14. The zero-order chi connectivity index (χ0) is 23.3. The van der Waals surface area contributed by atoms with Crippen molar-refractivity contribution in [1.29, 1.82) is 0 Å². The van der Waals surface area contributed by atoms with E-state index < -0.39 is 0 Å². The Morgan fingerprint density at radius 3 is 2.66 bits per heavy atom. The fourth-order valence-corrected chi connectivity index (χ4v) is 3.38. The molecule has 1 amide bonds. The van der Waals surface area contributed by atoms with Gasteiger partial charge >= 0.3 is 0 Å². The summed E-state index contributed by atoms with van der Waals surface area (Å²) in [5.74, 6) is 0.166. The molecule has 0 heterocycles. The van der Waals surface area contributed by atoms with Crippen molar-refractivity contribution in [1.82, 2.24) is 10.2 Å². The Morgan fingerprint density at radius 1 is 1.25 bits per heavy atom. The summed E-state index contributed by atoms with van der Waals surface area (Å²) in [7, 11) is 3.05. The Kier molecular flexibility index (Phi) is 11.1. The lowest BCUT2D eigenvalue weighted by Gasteiger charge is -2.23. The summed E-state index contributed by atoms with van der Waals surface area (Å²) >= 11 is 10.4. The zero-order valence-corrected chi connectivity index (χ0v) is 19.7. The number of carbonyl (C=O) groups is 1. The maximum atomic E-state index is 13.4. The maximum Gasteiger partial charge on any atom is 0.245 e. The molecule has 0 unspecified atom stereocenters. The number of rotatable bonds is 12. The van der Waals surface area contributed by atoms with Crippen LogP contribution in [-0.2, 0) is 16.1 Å². The standard InChI is InChI=1S/C23H27ClFN3O3S/c1-30-14-23(29)27-10-3-11-28(21(15-32)17-5-8-20(25)9-6-17)16-26-13-18-4-7-19(24)12-22(18)31-2/h4-9,12,15-16,32H,3,10-11,13-14H2,1-2H3,(H,27,29)/b21-15-,26-16?. The number of amides is 1. The maximum absolute atomic E-state index is 13.4. The normalized spacial score (nSPS) is 11.6. The van der Waals surface area contributed by atoms with Crippen LogP contribution in [0.1, 0.15) is 17.5 Å². The first-order valence-electron chi connectivity index (χ1n) is 9.93. The number of halogens is 2. The highest BCUT2D eigenvalue weighted by molar-refractivity contribution is 7.83. The number of hydrogen-bond donors (Lipinski definition) is 2. The van der Waals surface area contributed by atoms with E-state index >= 15 is 0 Å². The van der Waals surface area contributed by atoms with E-state index in [-0.39, 0.29) is 18.3 Å². The number of thiol groups is 1. The molecule has 32 heavy (non-hydrogen) atoms. The van der Waals surface area contributed by atoms with Gasteiger partial charge in [-0.2, -0.15) is 0 Å². The number of carbonyl (C=O) groups excluding carboxylic acids is 1. The van der Waals surface area contributed by atoms with Crippen molar-refractivity contribution in [3.63, 3.8) is 0 Å². The van der Waals surface area contributed by atoms with Gasteiger partial charge in [0.25, 0.3) is 0 Å². The third-order valence-corrected chi connectivity index (χ3v) is 4.96. The van der Waals surface area contributed by atoms with Gasteiger partial charge in [-0.15, -0.1) is 12.6 Å². The van der Waals surface area contributed by atoms with E-state index in [1.54, 1.807) is 43.1 Å². The van der Waals surface area contributed by atoms with Crippen LogP contribution in [0.15, 0.2) is 52.9 Å². The number of aliphatic imine (C=N–C) groups is 1. The smallest absolute Gasteiger partial charge is 0.245 e. The highest BCUT2D eigenvalue weighted by Crippen LogP contribution is 2.24. The van der Waals surface area contributed by atoms with Crippen molar-refractivity contribution in [2.75, 3.05) is 33.9 Å². The van der Waals surface area contributed by atoms with Gasteiger partial charge in [0, 0.05) is 30.8 Å². The molecule has 0 saturated heterocycles. The summed E-state index contributed by atoms with van der Waals surface area (Å²) in [5.41, 5.74) is 2.43. The van der Waals surface area contributed by atoms with Crippen molar-refractivity contribution in [2.45, 2.75) is 13.0 Å².